The highest BCUT2D eigenvalue weighted by atomic mass is 32.2. The molecular weight excluding hydrogens is 298 g/mol. The third-order valence-corrected chi connectivity index (χ3v) is 3.79. The quantitative estimate of drug-likeness (QED) is 0.878. The molecule has 0 aliphatic heterocycles. The minimum atomic E-state index is -3.88. The Kier molecular flexibility index (Phi) is 4.95. The zero-order chi connectivity index (χ0) is 16.3. The van der Waals surface area contributed by atoms with E-state index in [9.17, 15) is 18.0 Å². The number of carbonyl (C=O) groups is 2. The van der Waals surface area contributed by atoms with Crippen molar-refractivity contribution < 1.29 is 27.9 Å². The number of hydrogen-bond acceptors (Lipinski definition) is 5. The lowest BCUT2D eigenvalue weighted by Crippen LogP contribution is -2.27. The molecule has 0 atom stereocenters. The molecule has 1 aromatic carbocycles. The van der Waals surface area contributed by atoms with Crippen LogP contribution in [-0.4, -0.2) is 36.9 Å². The van der Waals surface area contributed by atoms with Gasteiger partial charge in [-0.3, -0.25) is 10.1 Å². The van der Waals surface area contributed by atoms with Gasteiger partial charge in [0.05, 0.1) is 4.90 Å². The summed E-state index contributed by atoms with van der Waals surface area (Å²) < 4.78 is 28.4. The van der Waals surface area contributed by atoms with Crippen LogP contribution < -0.4 is 5.32 Å². The monoisotopic (exact) mass is 315 g/mol. The van der Waals surface area contributed by atoms with Crippen LogP contribution in [0.15, 0.2) is 29.2 Å². The zero-order valence-corrected chi connectivity index (χ0v) is 12.7. The summed E-state index contributed by atoms with van der Waals surface area (Å²) >= 11 is 0. The lowest BCUT2D eigenvalue weighted by Gasteiger charge is -2.19. The van der Waals surface area contributed by atoms with Crippen LogP contribution in [0.2, 0.25) is 0 Å². The molecule has 8 heteroatoms. The van der Waals surface area contributed by atoms with Crippen LogP contribution in [0.3, 0.4) is 0 Å². The number of amides is 1. The second-order valence-corrected chi connectivity index (χ2v) is 7.29. The third kappa shape index (κ3) is 5.82. The Hall–Kier alpha value is -2.09. The molecular formula is C13H17NO6S. The smallest absolute Gasteiger partial charge is 0.412 e. The van der Waals surface area contributed by atoms with Gasteiger partial charge in [-0.05, 0) is 45.0 Å². The molecule has 1 rings (SSSR count). The van der Waals surface area contributed by atoms with Crippen molar-refractivity contribution in [2.24, 2.45) is 0 Å². The number of benzene rings is 1. The summed E-state index contributed by atoms with van der Waals surface area (Å²) in [5.74, 6) is -2.41. The highest BCUT2D eigenvalue weighted by Crippen LogP contribution is 2.16. The van der Waals surface area contributed by atoms with E-state index < -0.39 is 33.3 Å². The Labute approximate surface area is 122 Å². The molecule has 0 saturated heterocycles. The SMILES string of the molecule is CC(C)(C)OC(=O)Nc1ccc(S(=O)(=O)CC(=O)O)cc1. The number of nitrogens with one attached hydrogen (secondary N) is 1. The average Bonchev–Trinajstić information content (AvgIpc) is 2.24. The van der Waals surface area contributed by atoms with Crippen LogP contribution in [0, 0.1) is 0 Å². The Balaban J connectivity index is 2.79. The molecule has 0 aliphatic rings. The molecule has 1 aromatic rings. The normalized spacial score (nSPS) is 11.8. The summed E-state index contributed by atoms with van der Waals surface area (Å²) in [5, 5.41) is 11.0. The fourth-order valence-corrected chi connectivity index (χ4v) is 2.46. The molecule has 21 heavy (non-hydrogen) atoms. The van der Waals surface area contributed by atoms with Gasteiger partial charge in [-0.25, -0.2) is 13.2 Å². The number of sulfone groups is 1. The number of hydrogen-bond donors (Lipinski definition) is 2. The predicted octanol–water partition coefficient (Wildman–Crippen LogP) is 1.89. The molecule has 0 fully saturated rings. The maximum absolute atomic E-state index is 11.7. The number of ether oxygens (including phenoxy) is 1. The molecule has 0 heterocycles. The predicted molar refractivity (Wildman–Crippen MR) is 76.0 cm³/mol. The first-order chi connectivity index (χ1) is 9.49. The molecule has 0 unspecified atom stereocenters. The standard InChI is InChI=1S/C13H17NO6S/c1-13(2,3)20-12(17)14-9-4-6-10(7-5-9)21(18,19)8-11(15)16/h4-7H,8H2,1-3H3,(H,14,17)(H,15,16). The number of carboxylic acid groups (broad SMARTS) is 1. The summed E-state index contributed by atoms with van der Waals surface area (Å²) in [6.45, 7) is 5.15. The van der Waals surface area contributed by atoms with Gasteiger partial charge in [-0.1, -0.05) is 0 Å². The summed E-state index contributed by atoms with van der Waals surface area (Å²) in [6.07, 6.45) is -0.663. The lowest BCUT2D eigenvalue weighted by atomic mass is 10.2. The fraction of sp³-hybridized carbons (Fsp3) is 0.385. The van der Waals surface area contributed by atoms with Gasteiger partial charge < -0.3 is 9.84 Å². The van der Waals surface area contributed by atoms with E-state index in [0.717, 1.165) is 0 Å². The highest BCUT2D eigenvalue weighted by Gasteiger charge is 2.19. The van der Waals surface area contributed by atoms with Gasteiger partial charge in [-0.15, -0.1) is 0 Å². The van der Waals surface area contributed by atoms with Gasteiger partial charge in [-0.2, -0.15) is 0 Å². The number of carboxylic acids is 1. The molecule has 1 amide bonds. The first-order valence-electron chi connectivity index (χ1n) is 6.04. The van der Waals surface area contributed by atoms with Gasteiger partial charge in [0, 0.05) is 5.69 Å². The Bertz CT molecular complexity index is 628. The minimum absolute atomic E-state index is 0.125. The van der Waals surface area contributed by atoms with E-state index in [1.54, 1.807) is 20.8 Å². The van der Waals surface area contributed by atoms with E-state index in [1.165, 1.54) is 24.3 Å². The van der Waals surface area contributed by atoms with Crippen molar-refractivity contribution in [3.05, 3.63) is 24.3 Å². The topological polar surface area (TPSA) is 110 Å². The maximum Gasteiger partial charge on any atom is 0.412 e. The van der Waals surface area contributed by atoms with Gasteiger partial charge in [0.1, 0.15) is 5.60 Å². The summed E-state index contributed by atoms with van der Waals surface area (Å²) in [4.78, 5) is 21.9. The summed E-state index contributed by atoms with van der Waals surface area (Å²) in [6, 6.07) is 5.17. The second kappa shape index (κ2) is 6.13. The molecule has 0 aliphatic carbocycles. The van der Waals surface area contributed by atoms with Crippen molar-refractivity contribution in [3.63, 3.8) is 0 Å². The van der Waals surface area contributed by atoms with Crippen molar-refractivity contribution >= 4 is 27.6 Å². The highest BCUT2D eigenvalue weighted by molar-refractivity contribution is 7.92. The van der Waals surface area contributed by atoms with Crippen molar-refractivity contribution in [1.29, 1.82) is 0 Å². The van der Waals surface area contributed by atoms with Gasteiger partial charge >= 0.3 is 12.1 Å². The number of anilines is 1. The first kappa shape index (κ1) is 17.0. The van der Waals surface area contributed by atoms with Crippen molar-refractivity contribution in [2.75, 3.05) is 11.1 Å². The van der Waals surface area contributed by atoms with E-state index in [2.05, 4.69) is 5.32 Å². The van der Waals surface area contributed by atoms with Crippen LogP contribution in [0.4, 0.5) is 10.5 Å². The summed E-state index contributed by atoms with van der Waals surface area (Å²) in [5.41, 5.74) is -0.298. The molecule has 0 radical (unpaired) electrons. The van der Waals surface area contributed by atoms with Gasteiger partial charge in [0.2, 0.25) is 0 Å². The van der Waals surface area contributed by atoms with Crippen LogP contribution in [0.25, 0.3) is 0 Å². The van der Waals surface area contributed by atoms with Crippen molar-refractivity contribution in [1.82, 2.24) is 0 Å². The van der Waals surface area contributed by atoms with Crippen LogP contribution in [0.1, 0.15) is 20.8 Å². The molecule has 116 valence electrons. The van der Waals surface area contributed by atoms with Crippen molar-refractivity contribution in [2.45, 2.75) is 31.3 Å². The third-order valence-electron chi connectivity index (χ3n) is 2.17. The van der Waals surface area contributed by atoms with Crippen LogP contribution in [0.5, 0.6) is 0 Å². The molecule has 2 N–H and O–H groups in total. The lowest BCUT2D eigenvalue weighted by molar-refractivity contribution is -0.134. The maximum atomic E-state index is 11.7. The van der Waals surface area contributed by atoms with Crippen molar-refractivity contribution in [3.8, 4) is 0 Å². The summed E-state index contributed by atoms with van der Waals surface area (Å²) in [7, 11) is -3.88. The second-order valence-electron chi connectivity index (χ2n) is 5.30. The largest absolute Gasteiger partial charge is 0.480 e. The van der Waals surface area contributed by atoms with E-state index in [-0.39, 0.29) is 4.90 Å². The van der Waals surface area contributed by atoms with E-state index >= 15 is 0 Å². The van der Waals surface area contributed by atoms with E-state index in [0.29, 0.717) is 5.69 Å². The average molecular weight is 315 g/mol. The van der Waals surface area contributed by atoms with Gasteiger partial charge in [0.25, 0.3) is 0 Å². The Morgan fingerprint density at radius 3 is 2.14 bits per heavy atom. The minimum Gasteiger partial charge on any atom is -0.480 e. The van der Waals surface area contributed by atoms with Crippen LogP contribution in [-0.2, 0) is 19.4 Å². The molecule has 0 bridgehead atoms. The van der Waals surface area contributed by atoms with E-state index in [1.807, 2.05) is 0 Å². The molecule has 0 saturated carbocycles. The molecule has 0 aromatic heterocycles. The molecule has 0 spiro atoms. The molecule has 7 nitrogen and oxygen atoms in total. The van der Waals surface area contributed by atoms with Gasteiger partial charge in [0.15, 0.2) is 15.6 Å². The van der Waals surface area contributed by atoms with E-state index in [4.69, 9.17) is 9.84 Å². The number of aliphatic carboxylic acids is 1. The first-order valence-corrected chi connectivity index (χ1v) is 7.69. The number of rotatable bonds is 4. The fourth-order valence-electron chi connectivity index (χ4n) is 1.41. The Morgan fingerprint density at radius 1 is 1.19 bits per heavy atom. The number of carbonyl (C=O) groups excluding carboxylic acids is 1. The van der Waals surface area contributed by atoms with Crippen LogP contribution >= 0.6 is 0 Å². The zero-order valence-electron chi connectivity index (χ0n) is 11.9. The Morgan fingerprint density at radius 2 is 1.71 bits per heavy atom.